The van der Waals surface area contributed by atoms with Crippen molar-refractivity contribution in [1.29, 1.82) is 0 Å². The van der Waals surface area contributed by atoms with Crippen molar-refractivity contribution >= 4 is 0 Å². The van der Waals surface area contributed by atoms with Crippen LogP contribution in [0.4, 0.5) is 13.2 Å². The molecule has 1 N–H and O–H groups in total. The van der Waals surface area contributed by atoms with Gasteiger partial charge in [-0.1, -0.05) is 6.92 Å². The van der Waals surface area contributed by atoms with Crippen LogP contribution in [0.25, 0.3) is 0 Å². The maximum Gasteiger partial charge on any atom is 0.401 e. The quantitative estimate of drug-likeness (QED) is 0.836. The normalized spacial score (nSPS) is 16.1. The van der Waals surface area contributed by atoms with Crippen LogP contribution in [0.3, 0.4) is 0 Å². The number of halogens is 3. The molecule has 0 aliphatic heterocycles. The number of nitrogens with zero attached hydrogens (tertiary/aromatic N) is 1. The van der Waals surface area contributed by atoms with E-state index in [2.05, 4.69) is 5.32 Å². The monoisotopic (exact) mass is 290 g/mol. The van der Waals surface area contributed by atoms with E-state index in [1.54, 1.807) is 0 Å². The van der Waals surface area contributed by atoms with Crippen LogP contribution in [0.2, 0.25) is 0 Å². The molecule has 2 rings (SSSR count). The lowest BCUT2D eigenvalue weighted by atomic mass is 10.2. The van der Waals surface area contributed by atoms with Crippen LogP contribution in [-0.4, -0.2) is 30.2 Å². The molecule has 1 aromatic rings. The van der Waals surface area contributed by atoms with Crippen LogP contribution in [0.1, 0.15) is 36.8 Å². The molecule has 6 heteroatoms. The van der Waals surface area contributed by atoms with Crippen LogP contribution in [0, 0.1) is 6.92 Å². The first kappa shape index (κ1) is 15.4. The molecule has 0 saturated heterocycles. The Hall–Kier alpha value is -1.01. The van der Waals surface area contributed by atoms with Crippen molar-refractivity contribution in [3.05, 3.63) is 23.2 Å². The fourth-order valence-corrected chi connectivity index (χ4v) is 2.28. The number of rotatable bonds is 7. The van der Waals surface area contributed by atoms with Gasteiger partial charge in [0.05, 0.1) is 13.1 Å². The van der Waals surface area contributed by atoms with Gasteiger partial charge in [0, 0.05) is 18.2 Å². The van der Waals surface area contributed by atoms with Crippen molar-refractivity contribution in [3.8, 4) is 0 Å². The maximum absolute atomic E-state index is 12.6. The average Bonchev–Trinajstić information content (AvgIpc) is 3.11. The van der Waals surface area contributed by atoms with Crippen molar-refractivity contribution < 1.29 is 17.6 Å². The molecule has 1 saturated carbocycles. The molecule has 0 spiro atoms. The van der Waals surface area contributed by atoms with E-state index in [1.165, 1.54) is 4.90 Å². The minimum atomic E-state index is -4.16. The van der Waals surface area contributed by atoms with Gasteiger partial charge in [0.25, 0.3) is 0 Å². The molecule has 3 nitrogen and oxygen atoms in total. The minimum Gasteiger partial charge on any atom is -0.465 e. The smallest absolute Gasteiger partial charge is 0.401 e. The summed E-state index contributed by atoms with van der Waals surface area (Å²) >= 11 is 0. The highest BCUT2D eigenvalue weighted by Crippen LogP contribution is 2.32. The van der Waals surface area contributed by atoms with Gasteiger partial charge in [-0.2, -0.15) is 13.2 Å². The summed E-state index contributed by atoms with van der Waals surface area (Å²) in [4.78, 5) is 1.47. The fraction of sp³-hybridized carbons (Fsp3) is 0.714. The molecule has 1 aromatic heterocycles. The summed E-state index contributed by atoms with van der Waals surface area (Å²) in [7, 11) is 0. The largest absolute Gasteiger partial charge is 0.465 e. The van der Waals surface area contributed by atoms with Crippen LogP contribution in [0.15, 0.2) is 10.5 Å². The van der Waals surface area contributed by atoms with Crippen molar-refractivity contribution in [2.45, 2.75) is 52.0 Å². The SMILES string of the molecule is CCNCc1cc(CN(CC(F)(F)F)C2CC2)oc1C. The Kier molecular flexibility index (Phi) is 4.75. The van der Waals surface area contributed by atoms with Crippen LogP contribution in [0.5, 0.6) is 0 Å². The zero-order chi connectivity index (χ0) is 14.8. The van der Waals surface area contributed by atoms with Gasteiger partial charge in [0.15, 0.2) is 0 Å². The summed E-state index contributed by atoms with van der Waals surface area (Å²) in [5.74, 6) is 1.40. The van der Waals surface area contributed by atoms with E-state index in [1.807, 2.05) is 19.9 Å². The molecule has 0 aromatic carbocycles. The number of furan rings is 1. The van der Waals surface area contributed by atoms with E-state index in [-0.39, 0.29) is 12.6 Å². The van der Waals surface area contributed by atoms with Crippen molar-refractivity contribution in [2.75, 3.05) is 13.1 Å². The van der Waals surface area contributed by atoms with Gasteiger partial charge in [-0.05, 0) is 32.4 Å². The van der Waals surface area contributed by atoms with E-state index in [4.69, 9.17) is 4.42 Å². The highest BCUT2D eigenvalue weighted by Gasteiger charge is 2.38. The molecule has 1 aliphatic rings. The number of alkyl halides is 3. The molecule has 0 amide bonds. The van der Waals surface area contributed by atoms with Gasteiger partial charge in [-0.25, -0.2) is 0 Å². The Labute approximate surface area is 117 Å². The Morgan fingerprint density at radius 1 is 1.40 bits per heavy atom. The number of aryl methyl sites for hydroxylation is 1. The third kappa shape index (κ3) is 4.52. The zero-order valence-electron chi connectivity index (χ0n) is 11.9. The molecule has 1 heterocycles. The van der Waals surface area contributed by atoms with Crippen molar-refractivity contribution in [3.63, 3.8) is 0 Å². The van der Waals surface area contributed by atoms with Gasteiger partial charge in [-0.15, -0.1) is 0 Å². The summed E-state index contributed by atoms with van der Waals surface area (Å²) in [5.41, 5.74) is 1.02. The van der Waals surface area contributed by atoms with Crippen LogP contribution in [-0.2, 0) is 13.1 Å². The molecular formula is C14H21F3N2O. The molecule has 0 atom stereocenters. The van der Waals surface area contributed by atoms with E-state index in [0.717, 1.165) is 30.7 Å². The van der Waals surface area contributed by atoms with E-state index < -0.39 is 12.7 Å². The lowest BCUT2D eigenvalue weighted by Crippen LogP contribution is -2.35. The van der Waals surface area contributed by atoms with Crippen molar-refractivity contribution in [1.82, 2.24) is 10.2 Å². The molecule has 20 heavy (non-hydrogen) atoms. The number of hydrogen-bond donors (Lipinski definition) is 1. The molecule has 0 radical (unpaired) electrons. The lowest BCUT2D eigenvalue weighted by Gasteiger charge is -2.22. The Morgan fingerprint density at radius 2 is 2.10 bits per heavy atom. The van der Waals surface area contributed by atoms with Crippen LogP contribution < -0.4 is 5.32 Å². The topological polar surface area (TPSA) is 28.4 Å². The summed E-state index contributed by atoms with van der Waals surface area (Å²) in [5, 5.41) is 3.19. The number of hydrogen-bond acceptors (Lipinski definition) is 3. The zero-order valence-corrected chi connectivity index (χ0v) is 11.9. The third-order valence-electron chi connectivity index (χ3n) is 3.44. The second-order valence-electron chi connectivity index (χ2n) is 5.33. The molecular weight excluding hydrogens is 269 g/mol. The molecule has 114 valence electrons. The summed E-state index contributed by atoms with van der Waals surface area (Å²) in [6.07, 6.45) is -2.46. The molecule has 1 fully saturated rings. The van der Waals surface area contributed by atoms with Gasteiger partial charge in [-0.3, -0.25) is 4.90 Å². The maximum atomic E-state index is 12.6. The van der Waals surface area contributed by atoms with Crippen LogP contribution >= 0.6 is 0 Å². The van der Waals surface area contributed by atoms with Gasteiger partial charge >= 0.3 is 6.18 Å². The Balaban J connectivity index is 1.99. The Morgan fingerprint density at radius 3 is 2.65 bits per heavy atom. The van der Waals surface area contributed by atoms with E-state index in [0.29, 0.717) is 12.3 Å². The van der Waals surface area contributed by atoms with E-state index in [9.17, 15) is 13.2 Å². The summed E-state index contributed by atoms with van der Waals surface area (Å²) < 4.78 is 43.3. The minimum absolute atomic E-state index is 0.0549. The summed E-state index contributed by atoms with van der Waals surface area (Å²) in [6.45, 7) is 4.77. The second kappa shape index (κ2) is 6.18. The fourth-order valence-electron chi connectivity index (χ4n) is 2.28. The first-order valence-electron chi connectivity index (χ1n) is 6.98. The highest BCUT2D eigenvalue weighted by atomic mass is 19.4. The average molecular weight is 290 g/mol. The van der Waals surface area contributed by atoms with Gasteiger partial charge in [0.1, 0.15) is 11.5 Å². The first-order valence-corrected chi connectivity index (χ1v) is 6.98. The third-order valence-corrected chi connectivity index (χ3v) is 3.44. The highest BCUT2D eigenvalue weighted by molar-refractivity contribution is 5.20. The Bertz CT molecular complexity index is 438. The van der Waals surface area contributed by atoms with Crippen molar-refractivity contribution in [2.24, 2.45) is 0 Å². The second-order valence-corrected chi connectivity index (χ2v) is 5.33. The summed E-state index contributed by atoms with van der Waals surface area (Å²) in [6, 6.07) is 1.92. The lowest BCUT2D eigenvalue weighted by molar-refractivity contribution is -0.148. The van der Waals surface area contributed by atoms with Gasteiger partial charge < -0.3 is 9.73 Å². The standard InChI is InChI=1S/C14H21F3N2O/c1-3-18-7-11-6-13(20-10(11)2)8-19(12-4-5-12)9-14(15,16)17/h6,12,18H,3-5,7-9H2,1-2H3. The van der Waals surface area contributed by atoms with E-state index >= 15 is 0 Å². The predicted octanol–water partition coefficient (Wildman–Crippen LogP) is 3.22. The van der Waals surface area contributed by atoms with Gasteiger partial charge in [0.2, 0.25) is 0 Å². The predicted molar refractivity (Wildman–Crippen MR) is 70.3 cm³/mol. The number of nitrogens with one attached hydrogen (secondary N) is 1. The molecule has 0 unspecified atom stereocenters. The first-order chi connectivity index (χ1) is 9.39. The molecule has 0 bridgehead atoms. The molecule has 1 aliphatic carbocycles.